The maximum atomic E-state index is 12.1. The molecule has 18 heavy (non-hydrogen) atoms. The Balaban J connectivity index is 2.07. The minimum atomic E-state index is -0.268. The molecule has 0 fully saturated rings. The molecule has 3 nitrogen and oxygen atoms in total. The minimum absolute atomic E-state index is 0.0235. The van der Waals surface area contributed by atoms with Gasteiger partial charge in [0.25, 0.3) is 0 Å². The Kier molecular flexibility index (Phi) is 2.45. The molecule has 2 aromatic rings. The number of hydrogen-bond donors (Lipinski definition) is 1. The molecule has 0 spiro atoms. The van der Waals surface area contributed by atoms with Crippen LogP contribution in [0.15, 0.2) is 35.4 Å². The first-order valence-electron chi connectivity index (χ1n) is 5.46. The van der Waals surface area contributed by atoms with Crippen molar-refractivity contribution >= 4 is 23.2 Å². The lowest BCUT2D eigenvalue weighted by Crippen LogP contribution is -1.97. The number of ether oxygens (including phenoxy) is 1. The highest BCUT2D eigenvalue weighted by Crippen LogP contribution is 2.38. The second-order valence-electron chi connectivity index (χ2n) is 4.11. The summed E-state index contributed by atoms with van der Waals surface area (Å²) in [6.07, 6.45) is 1.70. The van der Waals surface area contributed by atoms with Crippen LogP contribution in [-0.4, -0.2) is 10.9 Å². The highest BCUT2D eigenvalue weighted by atomic mass is 32.1. The van der Waals surface area contributed by atoms with Crippen molar-refractivity contribution in [2.45, 2.75) is 6.92 Å². The van der Waals surface area contributed by atoms with Gasteiger partial charge in [-0.2, -0.15) is 0 Å². The number of thiophene rings is 1. The summed E-state index contributed by atoms with van der Waals surface area (Å²) < 4.78 is 5.51. The Morgan fingerprint density at radius 1 is 1.39 bits per heavy atom. The normalized spacial score (nSPS) is 15.8. The van der Waals surface area contributed by atoms with Gasteiger partial charge in [-0.15, -0.1) is 11.3 Å². The van der Waals surface area contributed by atoms with Gasteiger partial charge in [0, 0.05) is 11.0 Å². The number of phenols is 1. The number of carbonyl (C=O) groups is 1. The summed E-state index contributed by atoms with van der Waals surface area (Å²) in [6, 6.07) is 7.13. The third-order valence-corrected chi connectivity index (χ3v) is 3.53. The topological polar surface area (TPSA) is 46.5 Å². The van der Waals surface area contributed by atoms with E-state index in [0.29, 0.717) is 5.75 Å². The first-order chi connectivity index (χ1) is 8.65. The summed E-state index contributed by atoms with van der Waals surface area (Å²) in [7, 11) is 0. The number of aryl methyl sites for hydroxylation is 1. The number of carbonyl (C=O) groups excluding carboxylic acids is 1. The van der Waals surface area contributed by atoms with Crippen LogP contribution in [-0.2, 0) is 0 Å². The van der Waals surface area contributed by atoms with E-state index in [9.17, 15) is 9.90 Å². The van der Waals surface area contributed by atoms with Crippen molar-refractivity contribution in [3.63, 3.8) is 0 Å². The van der Waals surface area contributed by atoms with Gasteiger partial charge >= 0.3 is 0 Å². The molecular weight excluding hydrogens is 248 g/mol. The van der Waals surface area contributed by atoms with Gasteiger partial charge in [0.1, 0.15) is 17.1 Å². The molecule has 1 aromatic heterocycles. The van der Waals surface area contributed by atoms with Crippen molar-refractivity contribution in [3.05, 3.63) is 51.4 Å². The van der Waals surface area contributed by atoms with E-state index in [-0.39, 0.29) is 22.9 Å². The van der Waals surface area contributed by atoms with Crippen LogP contribution in [0.3, 0.4) is 0 Å². The zero-order valence-corrected chi connectivity index (χ0v) is 10.5. The number of phenolic OH excluding ortho intramolecular Hbond substituents is 1. The van der Waals surface area contributed by atoms with Gasteiger partial charge in [-0.05, 0) is 36.1 Å². The molecule has 0 atom stereocenters. The van der Waals surface area contributed by atoms with Gasteiger partial charge in [-0.3, -0.25) is 4.79 Å². The van der Waals surface area contributed by atoms with E-state index in [1.54, 1.807) is 18.2 Å². The highest BCUT2D eigenvalue weighted by Gasteiger charge is 2.30. The molecule has 90 valence electrons. The molecule has 0 saturated carbocycles. The molecule has 4 heteroatoms. The predicted molar refractivity (Wildman–Crippen MR) is 70.1 cm³/mol. The lowest BCUT2D eigenvalue weighted by molar-refractivity contribution is 0.101. The minimum Gasteiger partial charge on any atom is -0.507 e. The van der Waals surface area contributed by atoms with Crippen LogP contribution in [0.1, 0.15) is 20.8 Å². The van der Waals surface area contributed by atoms with Crippen molar-refractivity contribution in [1.82, 2.24) is 0 Å². The summed E-state index contributed by atoms with van der Waals surface area (Å²) >= 11 is 1.53. The second kappa shape index (κ2) is 3.99. The van der Waals surface area contributed by atoms with Gasteiger partial charge in [0.2, 0.25) is 5.78 Å². The van der Waals surface area contributed by atoms with Crippen molar-refractivity contribution in [3.8, 4) is 11.5 Å². The smallest absolute Gasteiger partial charge is 0.235 e. The number of hydrogen-bond acceptors (Lipinski definition) is 4. The summed E-state index contributed by atoms with van der Waals surface area (Å²) in [5.74, 6) is 0.397. The Morgan fingerprint density at radius 3 is 2.94 bits per heavy atom. The van der Waals surface area contributed by atoms with Gasteiger partial charge in [0.15, 0.2) is 5.76 Å². The summed E-state index contributed by atoms with van der Waals surface area (Å²) in [6.45, 7) is 1.84. The molecule has 1 N–H and O–H groups in total. The van der Waals surface area contributed by atoms with E-state index in [2.05, 4.69) is 0 Å². The number of allylic oxidation sites excluding steroid dienone is 1. The van der Waals surface area contributed by atoms with Crippen molar-refractivity contribution in [1.29, 1.82) is 0 Å². The Bertz CT molecular complexity index is 654. The van der Waals surface area contributed by atoms with Gasteiger partial charge in [-0.25, -0.2) is 0 Å². The molecule has 0 unspecified atom stereocenters. The zero-order valence-electron chi connectivity index (χ0n) is 9.64. The highest BCUT2D eigenvalue weighted by molar-refractivity contribution is 7.10. The molecule has 1 aromatic carbocycles. The van der Waals surface area contributed by atoms with Gasteiger partial charge in [0.05, 0.1) is 0 Å². The second-order valence-corrected chi connectivity index (χ2v) is 5.09. The maximum Gasteiger partial charge on any atom is 0.235 e. The Hall–Kier alpha value is -2.07. The number of aromatic hydroxyl groups is 1. The van der Waals surface area contributed by atoms with E-state index < -0.39 is 0 Å². The fourth-order valence-corrected chi connectivity index (χ4v) is 2.58. The van der Waals surface area contributed by atoms with E-state index in [4.69, 9.17) is 4.74 Å². The van der Waals surface area contributed by atoms with E-state index in [1.165, 1.54) is 11.3 Å². The zero-order chi connectivity index (χ0) is 12.7. The molecule has 1 aliphatic heterocycles. The number of ketones is 1. The fraction of sp³-hybridized carbons (Fsp3) is 0.0714. The maximum absolute atomic E-state index is 12.1. The lowest BCUT2D eigenvalue weighted by Gasteiger charge is -2.00. The largest absolute Gasteiger partial charge is 0.507 e. The van der Waals surface area contributed by atoms with Crippen LogP contribution in [0.4, 0.5) is 0 Å². The van der Waals surface area contributed by atoms with E-state index in [0.717, 1.165) is 10.4 Å². The van der Waals surface area contributed by atoms with Crippen LogP contribution in [0.5, 0.6) is 11.5 Å². The monoisotopic (exact) mass is 258 g/mol. The molecule has 1 aliphatic rings. The Labute approximate surface area is 108 Å². The third-order valence-electron chi connectivity index (χ3n) is 2.71. The summed E-state index contributed by atoms with van der Waals surface area (Å²) in [4.78, 5) is 13.1. The van der Waals surface area contributed by atoms with Gasteiger partial charge in [-0.1, -0.05) is 6.07 Å². The number of Topliss-reactive ketones (excluding diaryl/α,β-unsaturated/α-hetero) is 1. The molecule has 0 aliphatic carbocycles. The first-order valence-corrected chi connectivity index (χ1v) is 6.34. The van der Waals surface area contributed by atoms with Crippen molar-refractivity contribution in [2.75, 3.05) is 0 Å². The van der Waals surface area contributed by atoms with Crippen LogP contribution in [0, 0.1) is 6.92 Å². The average Bonchev–Trinajstić information content (AvgIpc) is 2.88. The van der Waals surface area contributed by atoms with Gasteiger partial charge < -0.3 is 9.84 Å². The predicted octanol–water partition coefficient (Wildman–Crippen LogP) is 3.38. The van der Waals surface area contributed by atoms with Crippen LogP contribution in [0.2, 0.25) is 0 Å². The quantitative estimate of drug-likeness (QED) is 0.798. The van der Waals surface area contributed by atoms with Crippen LogP contribution in [0.25, 0.3) is 6.08 Å². The van der Waals surface area contributed by atoms with Crippen LogP contribution < -0.4 is 4.74 Å². The summed E-state index contributed by atoms with van der Waals surface area (Å²) in [5, 5.41) is 11.7. The molecule has 0 bridgehead atoms. The fourth-order valence-electron chi connectivity index (χ4n) is 1.93. The molecule has 3 rings (SSSR count). The third kappa shape index (κ3) is 1.71. The lowest BCUT2D eigenvalue weighted by atomic mass is 10.1. The number of fused-ring (bicyclic) bond motifs is 1. The molecule has 2 heterocycles. The molecule has 0 amide bonds. The van der Waals surface area contributed by atoms with E-state index in [1.807, 2.05) is 24.4 Å². The average molecular weight is 258 g/mol. The SMILES string of the molecule is Cc1cc(O)c2c(c1)OC(=Cc1cccs1)C2=O. The van der Waals surface area contributed by atoms with Crippen molar-refractivity contribution < 1.29 is 14.6 Å². The number of benzene rings is 1. The molecule has 0 saturated heterocycles. The van der Waals surface area contributed by atoms with Crippen LogP contribution >= 0.6 is 11.3 Å². The number of rotatable bonds is 1. The molecular formula is C14H10O3S. The molecule has 0 radical (unpaired) electrons. The first kappa shape index (κ1) is 11.0. The standard InChI is InChI=1S/C14H10O3S/c1-8-5-10(15)13-11(6-8)17-12(14(13)16)7-9-3-2-4-18-9/h2-7,15H,1H3. The van der Waals surface area contributed by atoms with Crippen molar-refractivity contribution in [2.24, 2.45) is 0 Å². The van der Waals surface area contributed by atoms with E-state index >= 15 is 0 Å². The summed E-state index contributed by atoms with van der Waals surface area (Å²) in [5.41, 5.74) is 1.11. The Morgan fingerprint density at radius 2 is 2.22 bits per heavy atom.